The quantitative estimate of drug-likeness (QED) is 0.909. The van der Waals surface area contributed by atoms with E-state index in [0.717, 1.165) is 30.7 Å². The van der Waals surface area contributed by atoms with Gasteiger partial charge in [-0.05, 0) is 55.2 Å². The summed E-state index contributed by atoms with van der Waals surface area (Å²) in [6.45, 7) is 3.02. The number of nitrogens with one attached hydrogen (secondary N) is 1. The molecule has 3 heteroatoms. The molecule has 1 atom stereocenters. The van der Waals surface area contributed by atoms with Crippen molar-refractivity contribution in [3.63, 3.8) is 0 Å². The molecule has 3 rings (SSSR count). The van der Waals surface area contributed by atoms with E-state index in [-0.39, 0.29) is 0 Å². The van der Waals surface area contributed by atoms with Crippen LogP contribution >= 0.6 is 11.6 Å². The third-order valence-electron chi connectivity index (χ3n) is 4.41. The molecule has 104 valence electrons. The molecule has 1 saturated heterocycles. The van der Waals surface area contributed by atoms with E-state index in [1.807, 2.05) is 6.07 Å². The van der Waals surface area contributed by atoms with Crippen molar-refractivity contribution in [1.29, 1.82) is 0 Å². The first-order valence-electron chi connectivity index (χ1n) is 7.38. The van der Waals surface area contributed by atoms with Crippen LogP contribution < -0.4 is 5.32 Å². The second kappa shape index (κ2) is 6.25. The number of hydrogen-bond donors (Lipinski definition) is 1. The molecule has 1 aliphatic carbocycles. The van der Waals surface area contributed by atoms with Crippen molar-refractivity contribution in [2.45, 2.75) is 37.6 Å². The highest BCUT2D eigenvalue weighted by Gasteiger charge is 2.30. The monoisotopic (exact) mass is 279 g/mol. The second-order valence-electron chi connectivity index (χ2n) is 5.91. The van der Waals surface area contributed by atoms with Crippen molar-refractivity contribution in [3.05, 3.63) is 34.9 Å². The number of rotatable bonds is 4. The Morgan fingerprint density at radius 2 is 2.21 bits per heavy atom. The summed E-state index contributed by atoms with van der Waals surface area (Å²) in [5, 5.41) is 4.55. The van der Waals surface area contributed by atoms with Crippen LogP contribution in [0.2, 0.25) is 5.02 Å². The van der Waals surface area contributed by atoms with Crippen LogP contribution in [0, 0.1) is 5.92 Å². The molecule has 0 radical (unpaired) electrons. The molecule has 0 amide bonds. The van der Waals surface area contributed by atoms with Gasteiger partial charge in [-0.2, -0.15) is 0 Å². The first kappa shape index (κ1) is 13.4. The van der Waals surface area contributed by atoms with E-state index >= 15 is 0 Å². The lowest BCUT2D eigenvalue weighted by Gasteiger charge is -2.37. The molecule has 1 heterocycles. The van der Waals surface area contributed by atoms with Gasteiger partial charge in [0.25, 0.3) is 0 Å². The molecule has 2 fully saturated rings. The van der Waals surface area contributed by atoms with E-state index in [9.17, 15) is 0 Å². The highest BCUT2D eigenvalue weighted by Crippen LogP contribution is 2.37. The smallest absolute Gasteiger partial charge is 0.0506 e. The molecule has 1 aromatic carbocycles. The average molecular weight is 280 g/mol. The maximum absolute atomic E-state index is 6.04. The number of benzene rings is 1. The first-order chi connectivity index (χ1) is 9.31. The van der Waals surface area contributed by atoms with E-state index in [1.165, 1.54) is 31.2 Å². The Bertz CT molecular complexity index is 411. The van der Waals surface area contributed by atoms with Crippen LogP contribution in [0.5, 0.6) is 0 Å². The maximum atomic E-state index is 6.04. The normalized spacial score (nSPS) is 30.9. The van der Waals surface area contributed by atoms with E-state index < -0.39 is 0 Å². The molecular formula is C16H22ClNO. The summed E-state index contributed by atoms with van der Waals surface area (Å²) in [5.41, 5.74) is 1.39. The van der Waals surface area contributed by atoms with Gasteiger partial charge in [-0.15, -0.1) is 0 Å². The lowest BCUT2D eigenvalue weighted by atomic mass is 9.75. The lowest BCUT2D eigenvalue weighted by molar-refractivity contribution is 0.0521. The van der Waals surface area contributed by atoms with E-state index in [2.05, 4.69) is 23.5 Å². The Kier molecular flexibility index (Phi) is 4.42. The Hall–Kier alpha value is -0.570. The van der Waals surface area contributed by atoms with Gasteiger partial charge in [0.05, 0.1) is 6.61 Å². The van der Waals surface area contributed by atoms with Crippen molar-refractivity contribution < 1.29 is 4.74 Å². The predicted molar refractivity (Wildman–Crippen MR) is 78.8 cm³/mol. The lowest BCUT2D eigenvalue weighted by Crippen LogP contribution is -2.43. The molecule has 1 saturated carbocycles. The summed E-state index contributed by atoms with van der Waals surface area (Å²) in [5.74, 6) is 1.41. The molecular weight excluding hydrogens is 258 g/mol. The van der Waals surface area contributed by atoms with Gasteiger partial charge in [0.15, 0.2) is 0 Å². The minimum absolute atomic E-state index is 0.686. The van der Waals surface area contributed by atoms with Crippen molar-refractivity contribution in [1.82, 2.24) is 5.32 Å². The molecule has 1 aromatic rings. The Morgan fingerprint density at radius 3 is 2.95 bits per heavy atom. The van der Waals surface area contributed by atoms with Crippen LogP contribution in [0.1, 0.15) is 37.2 Å². The third-order valence-corrected chi connectivity index (χ3v) is 4.64. The van der Waals surface area contributed by atoms with Crippen LogP contribution in [-0.2, 0) is 4.74 Å². The fraction of sp³-hybridized carbons (Fsp3) is 0.625. The fourth-order valence-corrected chi connectivity index (χ4v) is 3.32. The Labute approximate surface area is 120 Å². The van der Waals surface area contributed by atoms with Gasteiger partial charge in [0.2, 0.25) is 0 Å². The molecule has 2 nitrogen and oxygen atoms in total. The van der Waals surface area contributed by atoms with Crippen molar-refractivity contribution in [2.24, 2.45) is 5.92 Å². The maximum Gasteiger partial charge on any atom is 0.0506 e. The predicted octanol–water partition coefficient (Wildman–Crippen LogP) is 3.60. The van der Waals surface area contributed by atoms with Gasteiger partial charge in [-0.3, -0.25) is 0 Å². The van der Waals surface area contributed by atoms with Crippen LogP contribution in [0.4, 0.5) is 0 Å². The zero-order chi connectivity index (χ0) is 13.1. The number of ether oxygens (including phenoxy) is 1. The highest BCUT2D eigenvalue weighted by molar-refractivity contribution is 6.30. The molecule has 0 aromatic heterocycles. The molecule has 2 aliphatic rings. The Morgan fingerprint density at radius 1 is 1.32 bits per heavy atom. The fourth-order valence-electron chi connectivity index (χ4n) is 3.12. The summed E-state index contributed by atoms with van der Waals surface area (Å²) < 4.78 is 5.51. The second-order valence-corrected chi connectivity index (χ2v) is 6.35. The zero-order valence-corrected chi connectivity index (χ0v) is 12.0. The van der Waals surface area contributed by atoms with Gasteiger partial charge in [-0.1, -0.05) is 23.7 Å². The molecule has 1 N–H and O–H groups in total. The summed E-state index contributed by atoms with van der Waals surface area (Å²) in [4.78, 5) is 0. The van der Waals surface area contributed by atoms with Gasteiger partial charge in [0, 0.05) is 24.2 Å². The van der Waals surface area contributed by atoms with Crippen LogP contribution in [0.25, 0.3) is 0 Å². The van der Waals surface area contributed by atoms with Gasteiger partial charge >= 0.3 is 0 Å². The minimum Gasteiger partial charge on any atom is -0.381 e. The van der Waals surface area contributed by atoms with Gasteiger partial charge in [0.1, 0.15) is 0 Å². The van der Waals surface area contributed by atoms with Gasteiger partial charge < -0.3 is 10.1 Å². The summed E-state index contributed by atoms with van der Waals surface area (Å²) >= 11 is 6.04. The molecule has 1 aliphatic heterocycles. The van der Waals surface area contributed by atoms with Crippen molar-refractivity contribution in [2.75, 3.05) is 19.8 Å². The number of hydrogen-bond acceptors (Lipinski definition) is 2. The molecule has 19 heavy (non-hydrogen) atoms. The standard InChI is InChI=1S/C16H22ClNO/c17-15-5-1-4-13(7-15)14-8-16(9-14)18-10-12-3-2-6-19-11-12/h1,4-5,7,12,14,16,18H,2-3,6,8-11H2. The van der Waals surface area contributed by atoms with E-state index in [0.29, 0.717) is 12.0 Å². The zero-order valence-electron chi connectivity index (χ0n) is 11.3. The molecule has 0 spiro atoms. The summed E-state index contributed by atoms with van der Waals surface area (Å²) in [6.07, 6.45) is 5.03. The summed E-state index contributed by atoms with van der Waals surface area (Å²) in [7, 11) is 0. The van der Waals surface area contributed by atoms with E-state index in [4.69, 9.17) is 16.3 Å². The van der Waals surface area contributed by atoms with Crippen molar-refractivity contribution in [3.8, 4) is 0 Å². The highest BCUT2D eigenvalue weighted by atomic mass is 35.5. The summed E-state index contributed by atoms with van der Waals surface area (Å²) in [6, 6.07) is 8.99. The average Bonchev–Trinajstić information content (AvgIpc) is 2.38. The van der Waals surface area contributed by atoms with Crippen LogP contribution in [0.3, 0.4) is 0 Å². The van der Waals surface area contributed by atoms with Crippen molar-refractivity contribution >= 4 is 11.6 Å². The SMILES string of the molecule is Clc1cccc(C2CC(NCC3CCCOC3)C2)c1. The topological polar surface area (TPSA) is 21.3 Å². The Balaban J connectivity index is 1.40. The third kappa shape index (κ3) is 3.50. The largest absolute Gasteiger partial charge is 0.381 e. The van der Waals surface area contributed by atoms with Crippen LogP contribution in [-0.4, -0.2) is 25.8 Å². The first-order valence-corrected chi connectivity index (χ1v) is 7.75. The van der Waals surface area contributed by atoms with Gasteiger partial charge in [-0.25, -0.2) is 0 Å². The van der Waals surface area contributed by atoms with E-state index in [1.54, 1.807) is 0 Å². The minimum atomic E-state index is 0.686. The number of halogens is 1. The van der Waals surface area contributed by atoms with Crippen LogP contribution in [0.15, 0.2) is 24.3 Å². The molecule has 0 bridgehead atoms. The molecule has 1 unspecified atom stereocenters.